The predicted molar refractivity (Wildman–Crippen MR) is 56.5 cm³/mol. The topological polar surface area (TPSA) is 26.3 Å². The van der Waals surface area contributed by atoms with Crippen molar-refractivity contribution in [3.8, 4) is 0 Å². The highest BCUT2D eigenvalue weighted by Gasteiger charge is 1.92. The van der Waals surface area contributed by atoms with Gasteiger partial charge in [-0.25, -0.2) is 4.79 Å². The van der Waals surface area contributed by atoms with Crippen LogP contribution < -0.4 is 0 Å². The maximum Gasteiger partial charge on any atom is 0.335 e. The van der Waals surface area contributed by atoms with E-state index in [1.54, 1.807) is 6.08 Å². The van der Waals surface area contributed by atoms with Crippen LogP contribution in [0.5, 0.6) is 0 Å². The zero-order valence-corrected chi connectivity index (χ0v) is 8.07. The van der Waals surface area contributed by atoms with Gasteiger partial charge in [0.2, 0.25) is 0 Å². The van der Waals surface area contributed by atoms with Crippen LogP contribution in [0.25, 0.3) is 6.08 Å². The number of carbonyl (C=O) groups is 1. The molecule has 0 aromatic heterocycles. The summed E-state index contributed by atoms with van der Waals surface area (Å²) in [4.78, 5) is 10.9. The zero-order chi connectivity index (χ0) is 10.4. The molecular weight excluding hydrogens is 176 g/mol. The van der Waals surface area contributed by atoms with Crippen molar-refractivity contribution in [1.82, 2.24) is 0 Å². The molecule has 0 unspecified atom stereocenters. The van der Waals surface area contributed by atoms with Crippen molar-refractivity contribution >= 4 is 12.0 Å². The van der Waals surface area contributed by atoms with Gasteiger partial charge in [-0.05, 0) is 18.6 Å². The highest BCUT2D eigenvalue weighted by atomic mass is 16.5. The van der Waals surface area contributed by atoms with E-state index in [9.17, 15) is 4.79 Å². The van der Waals surface area contributed by atoms with Crippen molar-refractivity contribution in [2.24, 2.45) is 0 Å². The first-order valence-electron chi connectivity index (χ1n) is 4.28. The highest BCUT2D eigenvalue weighted by Crippen LogP contribution is 2.04. The molecule has 14 heavy (non-hydrogen) atoms. The molecule has 1 aromatic rings. The van der Waals surface area contributed by atoms with E-state index < -0.39 is 5.97 Å². The van der Waals surface area contributed by atoms with Crippen molar-refractivity contribution in [1.29, 1.82) is 0 Å². The van der Waals surface area contributed by atoms with Gasteiger partial charge in [0.15, 0.2) is 0 Å². The molecule has 0 atom stereocenters. The third-order valence-electron chi connectivity index (χ3n) is 1.69. The van der Waals surface area contributed by atoms with Crippen molar-refractivity contribution < 1.29 is 9.53 Å². The fraction of sp³-hybridized carbons (Fsp3) is 0.0833. The Balaban J connectivity index is 2.64. The highest BCUT2D eigenvalue weighted by molar-refractivity contribution is 5.87. The first kappa shape index (κ1) is 10.3. The van der Waals surface area contributed by atoms with Crippen molar-refractivity contribution in [3.05, 3.63) is 54.3 Å². The second-order valence-corrected chi connectivity index (χ2v) is 2.85. The molecule has 1 aromatic carbocycles. The van der Waals surface area contributed by atoms with Crippen molar-refractivity contribution in [2.75, 3.05) is 0 Å². The van der Waals surface area contributed by atoms with E-state index in [-0.39, 0.29) is 0 Å². The summed E-state index contributed by atoms with van der Waals surface area (Å²) in [5.74, 6) is -0.416. The second kappa shape index (κ2) is 5.02. The van der Waals surface area contributed by atoms with Crippen LogP contribution in [0, 0.1) is 6.92 Å². The molecule has 72 valence electrons. The average Bonchev–Trinajstić information content (AvgIpc) is 2.17. The van der Waals surface area contributed by atoms with Crippen LogP contribution in [-0.2, 0) is 9.53 Å². The van der Waals surface area contributed by atoms with Gasteiger partial charge in [0, 0.05) is 6.08 Å². The molecule has 0 aliphatic heterocycles. The Bertz CT molecular complexity index is 347. The minimum absolute atomic E-state index is 0.416. The SMILES string of the molecule is C=COC(=O)C=Cc1ccc(C)cc1. The summed E-state index contributed by atoms with van der Waals surface area (Å²) >= 11 is 0. The standard InChI is InChI=1S/C12H12O2/c1-3-14-12(13)9-8-11-6-4-10(2)5-7-11/h3-9H,1H2,2H3. The first-order chi connectivity index (χ1) is 6.72. The van der Waals surface area contributed by atoms with Gasteiger partial charge in [0.1, 0.15) is 0 Å². The molecule has 0 saturated heterocycles. The van der Waals surface area contributed by atoms with Crippen LogP contribution >= 0.6 is 0 Å². The molecule has 0 aliphatic carbocycles. The van der Waals surface area contributed by atoms with Crippen LogP contribution in [0.2, 0.25) is 0 Å². The quantitative estimate of drug-likeness (QED) is 0.414. The molecule has 0 fully saturated rings. The van der Waals surface area contributed by atoms with E-state index in [2.05, 4.69) is 11.3 Å². The van der Waals surface area contributed by atoms with E-state index in [0.717, 1.165) is 11.8 Å². The molecule has 0 N–H and O–H groups in total. The van der Waals surface area contributed by atoms with Gasteiger partial charge in [-0.2, -0.15) is 0 Å². The van der Waals surface area contributed by atoms with E-state index in [4.69, 9.17) is 0 Å². The van der Waals surface area contributed by atoms with E-state index >= 15 is 0 Å². The fourth-order valence-corrected chi connectivity index (χ4v) is 0.963. The Morgan fingerprint density at radius 1 is 1.36 bits per heavy atom. The summed E-state index contributed by atoms with van der Waals surface area (Å²) in [7, 11) is 0. The Morgan fingerprint density at radius 3 is 2.57 bits per heavy atom. The Kier molecular flexibility index (Phi) is 3.68. The number of carbonyl (C=O) groups excluding carboxylic acids is 1. The molecule has 2 nitrogen and oxygen atoms in total. The number of ether oxygens (including phenoxy) is 1. The smallest absolute Gasteiger partial charge is 0.335 e. The Morgan fingerprint density at radius 2 is 2.00 bits per heavy atom. The van der Waals surface area contributed by atoms with Gasteiger partial charge in [0.25, 0.3) is 0 Å². The maximum atomic E-state index is 10.9. The molecule has 1 rings (SSSR count). The van der Waals surface area contributed by atoms with Gasteiger partial charge >= 0.3 is 5.97 Å². The summed E-state index contributed by atoms with van der Waals surface area (Å²) in [6.45, 7) is 5.30. The Labute approximate surface area is 83.5 Å². The molecule has 0 spiro atoms. The summed E-state index contributed by atoms with van der Waals surface area (Å²) in [6, 6.07) is 7.84. The van der Waals surface area contributed by atoms with Crippen LogP contribution in [0.15, 0.2) is 43.2 Å². The van der Waals surface area contributed by atoms with Gasteiger partial charge in [-0.1, -0.05) is 36.4 Å². The monoisotopic (exact) mass is 188 g/mol. The summed E-state index contributed by atoms with van der Waals surface area (Å²) in [5, 5.41) is 0. The molecule has 0 bridgehead atoms. The number of rotatable bonds is 3. The van der Waals surface area contributed by atoms with Gasteiger partial charge < -0.3 is 4.74 Å². The van der Waals surface area contributed by atoms with Gasteiger partial charge in [0.05, 0.1) is 6.26 Å². The molecule has 2 heteroatoms. The van der Waals surface area contributed by atoms with E-state index in [1.807, 2.05) is 31.2 Å². The molecule has 0 aliphatic rings. The number of hydrogen-bond donors (Lipinski definition) is 0. The lowest BCUT2D eigenvalue weighted by Gasteiger charge is -1.94. The lowest BCUT2D eigenvalue weighted by molar-refractivity contribution is -0.132. The lowest BCUT2D eigenvalue weighted by Crippen LogP contribution is -1.92. The molecule has 0 radical (unpaired) electrons. The minimum Gasteiger partial charge on any atom is -0.432 e. The van der Waals surface area contributed by atoms with Gasteiger partial charge in [-0.3, -0.25) is 0 Å². The fourth-order valence-electron chi connectivity index (χ4n) is 0.963. The maximum absolute atomic E-state index is 10.9. The average molecular weight is 188 g/mol. The first-order valence-corrected chi connectivity index (χ1v) is 4.28. The summed E-state index contributed by atoms with van der Waals surface area (Å²) in [6.07, 6.45) is 4.18. The summed E-state index contributed by atoms with van der Waals surface area (Å²) in [5.41, 5.74) is 2.16. The molecule has 0 saturated carbocycles. The van der Waals surface area contributed by atoms with Crippen LogP contribution in [0.3, 0.4) is 0 Å². The third kappa shape index (κ3) is 3.27. The number of esters is 1. The van der Waals surface area contributed by atoms with E-state index in [0.29, 0.717) is 0 Å². The lowest BCUT2D eigenvalue weighted by atomic mass is 10.1. The molecular formula is C12H12O2. The minimum atomic E-state index is -0.416. The predicted octanol–water partition coefficient (Wildman–Crippen LogP) is 2.69. The molecule has 0 amide bonds. The second-order valence-electron chi connectivity index (χ2n) is 2.85. The van der Waals surface area contributed by atoms with Crippen LogP contribution in [-0.4, -0.2) is 5.97 Å². The van der Waals surface area contributed by atoms with Crippen LogP contribution in [0.4, 0.5) is 0 Å². The number of hydrogen-bond acceptors (Lipinski definition) is 2. The molecule has 0 heterocycles. The number of benzene rings is 1. The van der Waals surface area contributed by atoms with Crippen molar-refractivity contribution in [3.63, 3.8) is 0 Å². The van der Waals surface area contributed by atoms with Gasteiger partial charge in [-0.15, -0.1) is 0 Å². The zero-order valence-electron chi connectivity index (χ0n) is 8.07. The van der Waals surface area contributed by atoms with E-state index in [1.165, 1.54) is 11.6 Å². The normalized spacial score (nSPS) is 10.1. The Hall–Kier alpha value is -1.83. The largest absolute Gasteiger partial charge is 0.432 e. The number of aryl methyl sites for hydroxylation is 1. The third-order valence-corrected chi connectivity index (χ3v) is 1.69. The van der Waals surface area contributed by atoms with Crippen LogP contribution in [0.1, 0.15) is 11.1 Å². The summed E-state index contributed by atoms with van der Waals surface area (Å²) < 4.78 is 4.53. The van der Waals surface area contributed by atoms with Crippen molar-refractivity contribution in [2.45, 2.75) is 6.92 Å².